The van der Waals surface area contributed by atoms with Crippen molar-refractivity contribution in [2.24, 2.45) is 0 Å². The lowest BCUT2D eigenvalue weighted by Crippen LogP contribution is -2.19. The molecule has 3 nitrogen and oxygen atoms in total. The summed E-state index contributed by atoms with van der Waals surface area (Å²) in [5.41, 5.74) is 2.80. The Labute approximate surface area is 145 Å². The van der Waals surface area contributed by atoms with Crippen LogP contribution in [0.4, 0.5) is 15.9 Å². The van der Waals surface area contributed by atoms with Crippen LogP contribution in [0.1, 0.15) is 11.3 Å². The fourth-order valence-corrected chi connectivity index (χ4v) is 2.48. The topological polar surface area (TPSA) is 37.0 Å². The number of thiocarbonyl (C=S) groups is 1. The minimum atomic E-state index is -0.237. The molecule has 1 heterocycles. The van der Waals surface area contributed by atoms with Crippen molar-refractivity contribution in [3.05, 3.63) is 89.9 Å². The fraction of sp³-hybridized carbons (Fsp3) is 0.0526. The van der Waals surface area contributed by atoms with Crippen LogP contribution in [0, 0.1) is 5.82 Å². The lowest BCUT2D eigenvalue weighted by molar-refractivity contribution is 0.627. The molecular formula is C19H16FN3S. The van der Waals surface area contributed by atoms with Crippen LogP contribution in [0.15, 0.2) is 72.8 Å². The number of nitrogens with one attached hydrogen (secondary N) is 2. The molecule has 0 spiro atoms. The van der Waals surface area contributed by atoms with E-state index in [-0.39, 0.29) is 5.82 Å². The second-order valence-electron chi connectivity index (χ2n) is 5.26. The van der Waals surface area contributed by atoms with E-state index in [0.717, 1.165) is 16.9 Å². The van der Waals surface area contributed by atoms with E-state index < -0.39 is 0 Å². The van der Waals surface area contributed by atoms with Crippen LogP contribution in [0.25, 0.3) is 0 Å². The Balaban J connectivity index is 1.64. The standard InChI is InChI=1S/C19H16FN3S/c20-15-11-9-14(10-12-15)13-17-7-4-8-18(21-17)23-19(24)22-16-5-2-1-3-6-16/h1-12H,13H2,(H2,21,22,23,24). The van der Waals surface area contributed by atoms with Crippen molar-refractivity contribution in [1.82, 2.24) is 4.98 Å². The quantitative estimate of drug-likeness (QED) is 0.681. The van der Waals surface area contributed by atoms with Gasteiger partial charge in [0.2, 0.25) is 0 Å². The van der Waals surface area contributed by atoms with Gasteiger partial charge in [-0.1, -0.05) is 36.4 Å². The van der Waals surface area contributed by atoms with Crippen LogP contribution in [-0.2, 0) is 6.42 Å². The van der Waals surface area contributed by atoms with E-state index in [9.17, 15) is 4.39 Å². The van der Waals surface area contributed by atoms with Gasteiger partial charge in [0.15, 0.2) is 5.11 Å². The first kappa shape index (κ1) is 16.1. The highest BCUT2D eigenvalue weighted by atomic mass is 32.1. The van der Waals surface area contributed by atoms with Crippen LogP contribution >= 0.6 is 12.2 Å². The molecule has 0 bridgehead atoms. The minimum Gasteiger partial charge on any atom is -0.332 e. The van der Waals surface area contributed by atoms with E-state index in [1.165, 1.54) is 12.1 Å². The summed E-state index contributed by atoms with van der Waals surface area (Å²) in [6, 6.07) is 21.8. The van der Waals surface area contributed by atoms with Crippen LogP contribution < -0.4 is 10.6 Å². The van der Waals surface area contributed by atoms with Crippen molar-refractivity contribution < 1.29 is 4.39 Å². The van der Waals surface area contributed by atoms with Gasteiger partial charge in [-0.2, -0.15) is 0 Å². The molecule has 3 rings (SSSR count). The number of hydrogen-bond donors (Lipinski definition) is 2. The number of benzene rings is 2. The highest BCUT2D eigenvalue weighted by Crippen LogP contribution is 2.12. The number of halogens is 1. The lowest BCUT2D eigenvalue weighted by Gasteiger charge is -2.11. The Morgan fingerprint density at radius 3 is 2.38 bits per heavy atom. The Morgan fingerprint density at radius 1 is 0.875 bits per heavy atom. The van der Waals surface area contributed by atoms with Gasteiger partial charge in [-0.15, -0.1) is 0 Å². The molecular weight excluding hydrogens is 321 g/mol. The molecule has 0 fully saturated rings. The lowest BCUT2D eigenvalue weighted by atomic mass is 10.1. The maximum Gasteiger partial charge on any atom is 0.176 e. The smallest absolute Gasteiger partial charge is 0.176 e. The molecule has 2 aromatic carbocycles. The van der Waals surface area contributed by atoms with E-state index >= 15 is 0 Å². The number of anilines is 2. The van der Waals surface area contributed by atoms with Crippen LogP contribution in [0.2, 0.25) is 0 Å². The van der Waals surface area contributed by atoms with Crippen molar-refractivity contribution in [3.63, 3.8) is 0 Å². The molecule has 5 heteroatoms. The third-order valence-corrected chi connectivity index (χ3v) is 3.58. The maximum absolute atomic E-state index is 13.0. The van der Waals surface area contributed by atoms with Gasteiger partial charge in [-0.3, -0.25) is 0 Å². The average Bonchev–Trinajstić information content (AvgIpc) is 2.58. The predicted molar refractivity (Wildman–Crippen MR) is 99.7 cm³/mol. The second-order valence-corrected chi connectivity index (χ2v) is 5.67. The van der Waals surface area contributed by atoms with Crippen LogP contribution in [-0.4, -0.2) is 10.1 Å². The Bertz CT molecular complexity index is 820. The van der Waals surface area contributed by atoms with Gasteiger partial charge in [-0.05, 0) is 54.2 Å². The van der Waals surface area contributed by atoms with Gasteiger partial charge in [0.1, 0.15) is 11.6 Å². The summed E-state index contributed by atoms with van der Waals surface area (Å²) in [6.45, 7) is 0. The van der Waals surface area contributed by atoms with Crippen molar-refractivity contribution in [1.29, 1.82) is 0 Å². The molecule has 0 atom stereocenters. The Kier molecular flexibility index (Phi) is 5.13. The molecule has 0 radical (unpaired) electrons. The number of nitrogens with zero attached hydrogens (tertiary/aromatic N) is 1. The van der Waals surface area contributed by atoms with E-state index in [1.54, 1.807) is 12.1 Å². The SMILES string of the molecule is Fc1ccc(Cc2cccc(NC(=S)Nc3ccccc3)n2)cc1. The fourth-order valence-electron chi connectivity index (χ4n) is 2.26. The third-order valence-electron chi connectivity index (χ3n) is 3.38. The van der Waals surface area contributed by atoms with Gasteiger partial charge in [-0.25, -0.2) is 9.37 Å². The first-order valence-electron chi connectivity index (χ1n) is 7.52. The molecule has 1 aromatic heterocycles. The summed E-state index contributed by atoms with van der Waals surface area (Å²) in [5, 5.41) is 6.66. The van der Waals surface area contributed by atoms with E-state index in [2.05, 4.69) is 15.6 Å². The molecule has 0 amide bonds. The highest BCUT2D eigenvalue weighted by Gasteiger charge is 2.03. The summed E-state index contributed by atoms with van der Waals surface area (Å²) in [7, 11) is 0. The molecule has 0 aliphatic rings. The average molecular weight is 337 g/mol. The summed E-state index contributed by atoms with van der Waals surface area (Å²) < 4.78 is 13.0. The number of para-hydroxylation sites is 1. The first-order chi connectivity index (χ1) is 11.7. The van der Waals surface area contributed by atoms with E-state index in [1.807, 2.05) is 48.5 Å². The molecule has 0 aliphatic carbocycles. The molecule has 120 valence electrons. The Morgan fingerprint density at radius 2 is 1.62 bits per heavy atom. The zero-order valence-corrected chi connectivity index (χ0v) is 13.7. The van der Waals surface area contributed by atoms with Crippen molar-refractivity contribution >= 4 is 28.8 Å². The zero-order chi connectivity index (χ0) is 16.8. The zero-order valence-electron chi connectivity index (χ0n) is 12.9. The van der Waals surface area contributed by atoms with Gasteiger partial charge < -0.3 is 10.6 Å². The largest absolute Gasteiger partial charge is 0.332 e. The third kappa shape index (κ3) is 4.60. The van der Waals surface area contributed by atoms with Gasteiger partial charge >= 0.3 is 0 Å². The number of rotatable bonds is 4. The van der Waals surface area contributed by atoms with E-state index in [0.29, 0.717) is 17.4 Å². The number of aromatic nitrogens is 1. The summed E-state index contributed by atoms with van der Waals surface area (Å²) >= 11 is 5.30. The molecule has 0 saturated heterocycles. The second kappa shape index (κ2) is 7.66. The molecule has 3 aromatic rings. The minimum absolute atomic E-state index is 0.237. The van der Waals surface area contributed by atoms with Crippen molar-refractivity contribution in [2.75, 3.05) is 10.6 Å². The Hall–Kier alpha value is -2.79. The van der Waals surface area contributed by atoms with Crippen LogP contribution in [0.3, 0.4) is 0 Å². The monoisotopic (exact) mass is 337 g/mol. The van der Waals surface area contributed by atoms with Crippen molar-refractivity contribution in [2.45, 2.75) is 6.42 Å². The highest BCUT2D eigenvalue weighted by molar-refractivity contribution is 7.80. The molecule has 2 N–H and O–H groups in total. The van der Waals surface area contributed by atoms with Gasteiger partial charge in [0.05, 0.1) is 0 Å². The molecule has 0 aliphatic heterocycles. The van der Waals surface area contributed by atoms with Gasteiger partial charge in [0, 0.05) is 17.8 Å². The van der Waals surface area contributed by atoms with Crippen molar-refractivity contribution in [3.8, 4) is 0 Å². The normalized spacial score (nSPS) is 10.2. The molecule has 24 heavy (non-hydrogen) atoms. The number of hydrogen-bond acceptors (Lipinski definition) is 2. The predicted octanol–water partition coefficient (Wildman–Crippen LogP) is 4.62. The first-order valence-corrected chi connectivity index (χ1v) is 7.93. The maximum atomic E-state index is 13.0. The molecule has 0 unspecified atom stereocenters. The van der Waals surface area contributed by atoms with Crippen LogP contribution in [0.5, 0.6) is 0 Å². The number of pyridine rings is 1. The van der Waals surface area contributed by atoms with Gasteiger partial charge in [0.25, 0.3) is 0 Å². The summed E-state index contributed by atoms with van der Waals surface area (Å²) in [5.74, 6) is 0.433. The summed E-state index contributed by atoms with van der Waals surface area (Å²) in [4.78, 5) is 4.54. The summed E-state index contributed by atoms with van der Waals surface area (Å²) in [6.07, 6.45) is 0.634. The van der Waals surface area contributed by atoms with E-state index in [4.69, 9.17) is 12.2 Å². The molecule has 0 saturated carbocycles.